The van der Waals surface area contributed by atoms with E-state index in [1.807, 2.05) is 0 Å². The van der Waals surface area contributed by atoms with Crippen LogP contribution in [0, 0.1) is 0 Å². The highest BCUT2D eigenvalue weighted by molar-refractivity contribution is 5.71. The van der Waals surface area contributed by atoms with E-state index in [-0.39, 0.29) is 5.97 Å². The van der Waals surface area contributed by atoms with Crippen LogP contribution in [0.5, 0.6) is 5.75 Å². The van der Waals surface area contributed by atoms with E-state index in [9.17, 15) is 4.79 Å². The minimum Gasteiger partial charge on any atom is -0.426 e. The minimum atomic E-state index is -0.153. The molecule has 1 aromatic rings. The molecule has 3 aliphatic rings. The number of rotatable bonds is 4. The summed E-state index contributed by atoms with van der Waals surface area (Å²) in [6.45, 7) is 1.57. The van der Waals surface area contributed by atoms with Crippen LogP contribution in [-0.4, -0.2) is 5.97 Å². The lowest BCUT2D eigenvalue weighted by Crippen LogP contribution is -2.16. The van der Waals surface area contributed by atoms with Crippen molar-refractivity contribution in [3.63, 3.8) is 0 Å². The van der Waals surface area contributed by atoms with Crippen LogP contribution in [0.2, 0.25) is 0 Å². The van der Waals surface area contributed by atoms with Crippen LogP contribution >= 0.6 is 0 Å². The molecule has 4 rings (SSSR count). The lowest BCUT2D eigenvalue weighted by atomic mass is 9.75. The molecular weight excluding hydrogens is 344 g/mol. The van der Waals surface area contributed by atoms with Crippen LogP contribution in [0.3, 0.4) is 0 Å². The van der Waals surface area contributed by atoms with Crippen molar-refractivity contribution < 1.29 is 9.53 Å². The van der Waals surface area contributed by atoms with Crippen molar-refractivity contribution in [3.05, 3.63) is 28.8 Å². The molecule has 0 saturated heterocycles. The largest absolute Gasteiger partial charge is 0.426 e. The molecule has 0 radical (unpaired) electrons. The van der Waals surface area contributed by atoms with Crippen molar-refractivity contribution in [2.45, 2.75) is 121 Å². The lowest BCUT2D eigenvalue weighted by molar-refractivity contribution is -0.132. The minimum absolute atomic E-state index is 0.153. The van der Waals surface area contributed by atoms with Gasteiger partial charge in [-0.3, -0.25) is 4.79 Å². The van der Waals surface area contributed by atoms with Crippen molar-refractivity contribution in [2.75, 3.05) is 0 Å². The molecule has 0 aromatic heterocycles. The average molecular weight is 383 g/mol. The molecule has 0 heterocycles. The van der Waals surface area contributed by atoms with Crippen LogP contribution in [0.15, 0.2) is 12.1 Å². The number of hydrogen-bond acceptors (Lipinski definition) is 2. The first-order valence-corrected chi connectivity index (χ1v) is 12.1. The summed E-state index contributed by atoms with van der Waals surface area (Å²) < 4.78 is 5.99. The fourth-order valence-electron chi connectivity index (χ4n) is 6.07. The maximum Gasteiger partial charge on any atom is 0.308 e. The van der Waals surface area contributed by atoms with Gasteiger partial charge in [-0.2, -0.15) is 0 Å². The number of ether oxygens (including phenoxy) is 1. The summed E-state index contributed by atoms with van der Waals surface area (Å²) in [5.41, 5.74) is 4.30. The molecule has 2 heteroatoms. The van der Waals surface area contributed by atoms with Crippen LogP contribution in [0.1, 0.15) is 138 Å². The number of carbonyl (C=O) groups is 1. The summed E-state index contributed by atoms with van der Waals surface area (Å²) in [6, 6.07) is 4.94. The summed E-state index contributed by atoms with van der Waals surface area (Å²) in [7, 11) is 0. The normalized spacial score (nSPS) is 22.9. The zero-order valence-electron chi connectivity index (χ0n) is 17.8. The molecule has 0 spiro atoms. The molecule has 3 saturated carbocycles. The molecule has 154 valence electrons. The third-order valence-corrected chi connectivity index (χ3v) is 7.58. The maximum atomic E-state index is 12.0. The van der Waals surface area contributed by atoms with Gasteiger partial charge in [-0.05, 0) is 73.0 Å². The van der Waals surface area contributed by atoms with Crippen LogP contribution in [-0.2, 0) is 4.79 Å². The van der Waals surface area contributed by atoms with Gasteiger partial charge in [-0.15, -0.1) is 0 Å². The van der Waals surface area contributed by atoms with E-state index in [1.54, 1.807) is 12.5 Å². The molecule has 3 fully saturated rings. The average Bonchev–Trinajstić information content (AvgIpc) is 2.75. The van der Waals surface area contributed by atoms with E-state index in [0.29, 0.717) is 17.8 Å². The Morgan fingerprint density at radius 2 is 1.07 bits per heavy atom. The predicted molar refractivity (Wildman–Crippen MR) is 115 cm³/mol. The zero-order chi connectivity index (χ0) is 19.3. The molecule has 1 aromatic carbocycles. The van der Waals surface area contributed by atoms with Gasteiger partial charge in [-0.1, -0.05) is 69.9 Å². The summed E-state index contributed by atoms with van der Waals surface area (Å²) >= 11 is 0. The molecule has 3 aliphatic carbocycles. The highest BCUT2D eigenvalue weighted by Gasteiger charge is 2.29. The molecule has 28 heavy (non-hydrogen) atoms. The van der Waals surface area contributed by atoms with Gasteiger partial charge in [0.1, 0.15) is 5.75 Å². The fraction of sp³-hybridized carbons (Fsp3) is 0.731. The van der Waals surface area contributed by atoms with Gasteiger partial charge in [0.2, 0.25) is 0 Å². The van der Waals surface area contributed by atoms with E-state index in [4.69, 9.17) is 4.74 Å². The van der Waals surface area contributed by atoms with E-state index in [1.165, 1.54) is 107 Å². The second kappa shape index (κ2) is 9.46. The van der Waals surface area contributed by atoms with Gasteiger partial charge in [-0.25, -0.2) is 0 Å². The highest BCUT2D eigenvalue weighted by atomic mass is 16.5. The van der Waals surface area contributed by atoms with Crippen LogP contribution in [0.25, 0.3) is 0 Å². The van der Waals surface area contributed by atoms with Gasteiger partial charge >= 0.3 is 5.97 Å². The van der Waals surface area contributed by atoms with Crippen LogP contribution in [0.4, 0.5) is 0 Å². The number of hydrogen-bond donors (Lipinski definition) is 0. The quantitative estimate of drug-likeness (QED) is 0.393. The van der Waals surface area contributed by atoms with E-state index >= 15 is 0 Å². The maximum absolute atomic E-state index is 12.0. The second-order valence-electron chi connectivity index (χ2n) is 9.63. The predicted octanol–water partition coefficient (Wildman–Crippen LogP) is 7.76. The van der Waals surface area contributed by atoms with Gasteiger partial charge in [0.15, 0.2) is 0 Å². The topological polar surface area (TPSA) is 26.3 Å². The Kier molecular flexibility index (Phi) is 6.75. The van der Waals surface area contributed by atoms with E-state index in [2.05, 4.69) is 12.1 Å². The van der Waals surface area contributed by atoms with Crippen molar-refractivity contribution in [2.24, 2.45) is 0 Å². The first-order valence-electron chi connectivity index (χ1n) is 12.1. The summed E-state index contributed by atoms with van der Waals surface area (Å²) in [5.74, 6) is 2.68. The van der Waals surface area contributed by atoms with Crippen molar-refractivity contribution in [1.29, 1.82) is 0 Å². The Balaban J connectivity index is 1.78. The molecule has 0 aliphatic heterocycles. The Morgan fingerprint density at radius 1 is 0.679 bits per heavy atom. The number of esters is 1. The van der Waals surface area contributed by atoms with Gasteiger partial charge < -0.3 is 4.74 Å². The zero-order valence-corrected chi connectivity index (χ0v) is 17.8. The number of benzene rings is 1. The lowest BCUT2D eigenvalue weighted by Gasteiger charge is -2.31. The van der Waals surface area contributed by atoms with Crippen LogP contribution < -0.4 is 4.74 Å². The molecule has 0 atom stereocenters. The number of carbonyl (C=O) groups excluding carboxylic acids is 1. The molecule has 0 amide bonds. The smallest absolute Gasteiger partial charge is 0.308 e. The third-order valence-electron chi connectivity index (χ3n) is 7.58. The Labute approximate surface area is 171 Å². The second-order valence-corrected chi connectivity index (χ2v) is 9.63. The summed E-state index contributed by atoms with van der Waals surface area (Å²) in [5, 5.41) is 0. The van der Waals surface area contributed by atoms with Gasteiger partial charge in [0.25, 0.3) is 0 Å². The standard InChI is InChI=1S/C26H38O2/c1-19(27)28-26-24(21-13-7-3-8-14-21)17-23(20-11-5-2-6-12-20)18-25(26)22-15-9-4-10-16-22/h17-18,20-22H,2-16H2,1H3. The van der Waals surface area contributed by atoms with E-state index in [0.717, 1.165) is 5.75 Å². The first kappa shape index (κ1) is 20.0. The summed E-state index contributed by atoms with van der Waals surface area (Å²) in [6.07, 6.45) is 19.8. The van der Waals surface area contributed by atoms with Gasteiger partial charge in [0.05, 0.1) is 0 Å². The molecular formula is C26H38O2. The highest BCUT2D eigenvalue weighted by Crippen LogP contribution is 2.47. The Morgan fingerprint density at radius 3 is 1.46 bits per heavy atom. The monoisotopic (exact) mass is 382 g/mol. The molecule has 0 bridgehead atoms. The van der Waals surface area contributed by atoms with Crippen molar-refractivity contribution in [3.8, 4) is 5.75 Å². The summed E-state index contributed by atoms with van der Waals surface area (Å²) in [4.78, 5) is 12.0. The van der Waals surface area contributed by atoms with E-state index < -0.39 is 0 Å². The first-order chi connectivity index (χ1) is 13.7. The van der Waals surface area contributed by atoms with Crippen molar-refractivity contribution >= 4 is 5.97 Å². The Hall–Kier alpha value is -1.31. The SMILES string of the molecule is CC(=O)Oc1c(C2CCCCC2)cc(C2CCCCC2)cc1C1CCCCC1. The molecule has 2 nitrogen and oxygen atoms in total. The molecule has 0 unspecified atom stereocenters. The van der Waals surface area contributed by atoms with Crippen molar-refractivity contribution in [1.82, 2.24) is 0 Å². The third kappa shape index (κ3) is 4.63. The van der Waals surface area contributed by atoms with Gasteiger partial charge in [0, 0.05) is 6.92 Å². The Bertz CT molecular complexity index is 620. The molecule has 0 N–H and O–H groups in total. The fourth-order valence-corrected chi connectivity index (χ4v) is 6.07.